The smallest absolute Gasteiger partial charge is 0.101 e. The third-order valence-corrected chi connectivity index (χ3v) is 4.16. The van der Waals surface area contributed by atoms with E-state index in [2.05, 4.69) is 46.2 Å². The highest BCUT2D eigenvalue weighted by atomic mass is 79.9. The van der Waals surface area contributed by atoms with Crippen LogP contribution in [-0.4, -0.2) is 30.6 Å². The van der Waals surface area contributed by atoms with Crippen molar-refractivity contribution in [3.8, 4) is 6.07 Å². The minimum absolute atomic E-state index is 0.456. The lowest BCUT2D eigenvalue weighted by atomic mass is 9.98. The van der Waals surface area contributed by atoms with Gasteiger partial charge in [0.1, 0.15) is 6.07 Å². The summed E-state index contributed by atoms with van der Waals surface area (Å²) in [4.78, 5) is 2.38. The molecule has 1 aliphatic rings. The Morgan fingerprint density at radius 1 is 1.50 bits per heavy atom. The van der Waals surface area contributed by atoms with E-state index in [1.807, 2.05) is 18.2 Å². The number of likely N-dealkylation sites (tertiary alicyclic amines) is 1. The van der Waals surface area contributed by atoms with Gasteiger partial charge in [0.25, 0.3) is 0 Å². The topological polar surface area (TPSA) is 39.1 Å². The van der Waals surface area contributed by atoms with Crippen LogP contribution in [0.2, 0.25) is 0 Å². The molecule has 1 saturated heterocycles. The third-order valence-electron chi connectivity index (χ3n) is 3.67. The lowest BCUT2D eigenvalue weighted by molar-refractivity contribution is 0.190. The molecule has 0 amide bonds. The molecule has 96 valence electrons. The van der Waals surface area contributed by atoms with Gasteiger partial charge in [-0.25, -0.2) is 0 Å². The molecule has 1 aromatic rings. The Bertz CT molecular complexity index is 467. The summed E-state index contributed by atoms with van der Waals surface area (Å²) >= 11 is 3.45. The molecule has 0 spiro atoms. The molecule has 0 bridgehead atoms. The van der Waals surface area contributed by atoms with Gasteiger partial charge >= 0.3 is 0 Å². The Morgan fingerprint density at radius 3 is 2.94 bits per heavy atom. The molecule has 0 saturated carbocycles. The second kappa shape index (κ2) is 5.73. The van der Waals surface area contributed by atoms with Crippen molar-refractivity contribution in [1.82, 2.24) is 4.90 Å². The molecule has 1 N–H and O–H groups in total. The van der Waals surface area contributed by atoms with Crippen LogP contribution in [0.1, 0.15) is 25.3 Å². The lowest BCUT2D eigenvalue weighted by Crippen LogP contribution is -2.42. The van der Waals surface area contributed by atoms with Gasteiger partial charge in [-0.1, -0.05) is 15.9 Å². The van der Waals surface area contributed by atoms with Gasteiger partial charge in [-0.2, -0.15) is 5.26 Å². The number of anilines is 1. The first-order chi connectivity index (χ1) is 8.60. The summed E-state index contributed by atoms with van der Waals surface area (Å²) in [7, 11) is 2.17. The Morgan fingerprint density at radius 2 is 2.28 bits per heavy atom. The molecule has 1 aliphatic heterocycles. The predicted octanol–water partition coefficient (Wildman–Crippen LogP) is 3.22. The van der Waals surface area contributed by atoms with E-state index in [-0.39, 0.29) is 0 Å². The minimum atomic E-state index is 0.456. The van der Waals surface area contributed by atoms with Gasteiger partial charge < -0.3 is 10.2 Å². The Hall–Kier alpha value is -1.05. The van der Waals surface area contributed by atoms with Crippen LogP contribution in [0.25, 0.3) is 0 Å². The normalized spacial score (nSPS) is 24.6. The SMILES string of the molecule is CC1CC(Nc2cc(Br)ccc2C#N)CCN1C. The van der Waals surface area contributed by atoms with Crippen molar-refractivity contribution in [2.75, 3.05) is 18.9 Å². The maximum absolute atomic E-state index is 9.12. The number of nitrogens with one attached hydrogen (secondary N) is 1. The lowest BCUT2D eigenvalue weighted by Gasteiger charge is -2.35. The average molecular weight is 308 g/mol. The van der Waals surface area contributed by atoms with Crippen LogP contribution in [0.4, 0.5) is 5.69 Å². The molecule has 1 fully saturated rings. The first kappa shape index (κ1) is 13.4. The van der Waals surface area contributed by atoms with Crippen molar-refractivity contribution in [1.29, 1.82) is 5.26 Å². The van der Waals surface area contributed by atoms with E-state index in [1.165, 1.54) is 0 Å². The average Bonchev–Trinajstić information content (AvgIpc) is 2.34. The van der Waals surface area contributed by atoms with E-state index < -0.39 is 0 Å². The van der Waals surface area contributed by atoms with Gasteiger partial charge in [0, 0.05) is 23.1 Å². The molecule has 1 aromatic carbocycles. The van der Waals surface area contributed by atoms with Crippen LogP contribution in [-0.2, 0) is 0 Å². The summed E-state index contributed by atoms with van der Waals surface area (Å²) in [6, 6.07) is 9.03. The number of piperidine rings is 1. The van der Waals surface area contributed by atoms with Crippen molar-refractivity contribution in [3.63, 3.8) is 0 Å². The first-order valence-corrected chi connectivity index (χ1v) is 7.06. The van der Waals surface area contributed by atoms with E-state index >= 15 is 0 Å². The van der Waals surface area contributed by atoms with Crippen molar-refractivity contribution in [3.05, 3.63) is 28.2 Å². The van der Waals surface area contributed by atoms with Crippen molar-refractivity contribution in [2.45, 2.75) is 31.8 Å². The number of benzene rings is 1. The molecule has 18 heavy (non-hydrogen) atoms. The van der Waals surface area contributed by atoms with E-state index in [9.17, 15) is 0 Å². The molecule has 0 aliphatic carbocycles. The fourth-order valence-corrected chi connectivity index (χ4v) is 2.73. The Balaban J connectivity index is 2.10. The maximum Gasteiger partial charge on any atom is 0.101 e. The number of halogens is 1. The summed E-state index contributed by atoms with van der Waals surface area (Å²) in [5.74, 6) is 0. The standard InChI is InChI=1S/C14H18BrN3/c1-10-7-13(5-6-18(10)2)17-14-8-12(15)4-3-11(14)9-16/h3-4,8,10,13,17H,5-7H2,1-2H3. The van der Waals surface area contributed by atoms with Gasteiger partial charge in [0.2, 0.25) is 0 Å². The molecule has 4 heteroatoms. The molecule has 0 radical (unpaired) electrons. The predicted molar refractivity (Wildman–Crippen MR) is 77.6 cm³/mol. The highest BCUT2D eigenvalue weighted by Crippen LogP contribution is 2.25. The third kappa shape index (κ3) is 3.04. The maximum atomic E-state index is 9.12. The van der Waals surface area contributed by atoms with E-state index in [4.69, 9.17) is 5.26 Å². The zero-order valence-corrected chi connectivity index (χ0v) is 12.4. The van der Waals surface area contributed by atoms with Gasteiger partial charge in [-0.15, -0.1) is 0 Å². The summed E-state index contributed by atoms with van der Waals surface area (Å²) in [5.41, 5.74) is 1.65. The Kier molecular flexibility index (Phi) is 4.26. The minimum Gasteiger partial charge on any atom is -0.381 e. The Labute approximate surface area is 117 Å². The van der Waals surface area contributed by atoms with Gasteiger partial charge in [0.05, 0.1) is 11.3 Å². The van der Waals surface area contributed by atoms with Crippen LogP contribution in [0.5, 0.6) is 0 Å². The van der Waals surface area contributed by atoms with E-state index in [0.717, 1.165) is 29.5 Å². The number of hydrogen-bond donors (Lipinski definition) is 1. The summed E-state index contributed by atoms with van der Waals surface area (Å²) in [5, 5.41) is 12.6. The fourth-order valence-electron chi connectivity index (χ4n) is 2.37. The van der Waals surface area contributed by atoms with Gasteiger partial charge in [0.15, 0.2) is 0 Å². The molecule has 1 heterocycles. The van der Waals surface area contributed by atoms with Crippen LogP contribution < -0.4 is 5.32 Å². The van der Waals surface area contributed by atoms with Crippen LogP contribution in [0.3, 0.4) is 0 Å². The molecule has 0 aromatic heterocycles. The quantitative estimate of drug-likeness (QED) is 0.912. The number of rotatable bonds is 2. The van der Waals surface area contributed by atoms with Crippen LogP contribution in [0, 0.1) is 11.3 Å². The fraction of sp³-hybridized carbons (Fsp3) is 0.500. The van der Waals surface area contributed by atoms with Crippen molar-refractivity contribution in [2.24, 2.45) is 0 Å². The summed E-state index contributed by atoms with van der Waals surface area (Å²) in [6.45, 7) is 3.36. The zero-order valence-electron chi connectivity index (χ0n) is 10.8. The van der Waals surface area contributed by atoms with Crippen molar-refractivity contribution < 1.29 is 0 Å². The largest absolute Gasteiger partial charge is 0.381 e. The van der Waals surface area contributed by atoms with Crippen LogP contribution >= 0.6 is 15.9 Å². The highest BCUT2D eigenvalue weighted by Gasteiger charge is 2.23. The second-order valence-corrected chi connectivity index (χ2v) is 5.91. The summed E-state index contributed by atoms with van der Waals surface area (Å²) < 4.78 is 1.00. The van der Waals surface area contributed by atoms with Gasteiger partial charge in [-0.3, -0.25) is 0 Å². The number of nitrogens with zero attached hydrogens (tertiary/aromatic N) is 2. The molecular weight excluding hydrogens is 290 g/mol. The monoisotopic (exact) mass is 307 g/mol. The molecule has 3 nitrogen and oxygen atoms in total. The molecule has 2 unspecified atom stereocenters. The second-order valence-electron chi connectivity index (χ2n) is 5.00. The van der Waals surface area contributed by atoms with E-state index in [0.29, 0.717) is 17.6 Å². The van der Waals surface area contributed by atoms with Crippen molar-refractivity contribution >= 4 is 21.6 Å². The molecular formula is C14H18BrN3. The zero-order chi connectivity index (χ0) is 13.1. The number of hydrogen-bond acceptors (Lipinski definition) is 3. The molecule has 2 rings (SSSR count). The van der Waals surface area contributed by atoms with E-state index in [1.54, 1.807) is 0 Å². The highest BCUT2D eigenvalue weighted by molar-refractivity contribution is 9.10. The molecule has 2 atom stereocenters. The van der Waals surface area contributed by atoms with Crippen LogP contribution in [0.15, 0.2) is 22.7 Å². The summed E-state index contributed by atoms with van der Waals surface area (Å²) in [6.07, 6.45) is 2.24. The van der Waals surface area contributed by atoms with Gasteiger partial charge in [-0.05, 0) is 45.0 Å². The number of nitriles is 1. The first-order valence-electron chi connectivity index (χ1n) is 6.26.